The van der Waals surface area contributed by atoms with Crippen LogP contribution in [0.2, 0.25) is 0 Å². The SMILES string of the molecule is COC(=O)c1csc(NCc2cc(Br)cs2)n1. The van der Waals surface area contributed by atoms with Crippen molar-refractivity contribution in [3.05, 3.63) is 31.9 Å². The molecule has 0 aromatic carbocycles. The van der Waals surface area contributed by atoms with E-state index < -0.39 is 5.97 Å². The summed E-state index contributed by atoms with van der Waals surface area (Å²) in [5.41, 5.74) is 0.340. The molecule has 4 nitrogen and oxygen atoms in total. The van der Waals surface area contributed by atoms with Gasteiger partial charge < -0.3 is 10.1 Å². The van der Waals surface area contributed by atoms with Gasteiger partial charge in [0.1, 0.15) is 0 Å². The van der Waals surface area contributed by atoms with Crippen molar-refractivity contribution in [2.45, 2.75) is 6.54 Å². The topological polar surface area (TPSA) is 51.2 Å². The number of halogens is 1. The van der Waals surface area contributed by atoms with Gasteiger partial charge in [0, 0.05) is 20.1 Å². The van der Waals surface area contributed by atoms with Gasteiger partial charge in [0.15, 0.2) is 10.8 Å². The molecule has 90 valence electrons. The van der Waals surface area contributed by atoms with E-state index in [-0.39, 0.29) is 0 Å². The van der Waals surface area contributed by atoms with Crippen LogP contribution in [0.15, 0.2) is 21.3 Å². The molecule has 1 N–H and O–H groups in total. The zero-order chi connectivity index (χ0) is 12.3. The van der Waals surface area contributed by atoms with E-state index in [4.69, 9.17) is 0 Å². The summed E-state index contributed by atoms with van der Waals surface area (Å²) in [6.45, 7) is 0.699. The molecule has 0 saturated heterocycles. The number of hydrogen-bond acceptors (Lipinski definition) is 6. The summed E-state index contributed by atoms with van der Waals surface area (Å²) in [6, 6.07) is 2.05. The highest BCUT2D eigenvalue weighted by molar-refractivity contribution is 9.10. The van der Waals surface area contributed by atoms with Crippen molar-refractivity contribution in [1.82, 2.24) is 4.98 Å². The third-order valence-electron chi connectivity index (χ3n) is 1.93. The minimum Gasteiger partial charge on any atom is -0.464 e. The molecule has 2 heterocycles. The molecule has 0 fully saturated rings. The Morgan fingerprint density at radius 1 is 1.53 bits per heavy atom. The number of anilines is 1. The molecule has 0 amide bonds. The van der Waals surface area contributed by atoms with Gasteiger partial charge in [-0.3, -0.25) is 0 Å². The highest BCUT2D eigenvalue weighted by Crippen LogP contribution is 2.22. The lowest BCUT2D eigenvalue weighted by molar-refractivity contribution is 0.0595. The second-order valence-electron chi connectivity index (χ2n) is 3.11. The van der Waals surface area contributed by atoms with Crippen molar-refractivity contribution in [1.29, 1.82) is 0 Å². The maximum atomic E-state index is 11.2. The number of nitrogens with one attached hydrogen (secondary N) is 1. The summed E-state index contributed by atoms with van der Waals surface area (Å²) in [4.78, 5) is 16.5. The van der Waals surface area contributed by atoms with Crippen LogP contribution >= 0.6 is 38.6 Å². The quantitative estimate of drug-likeness (QED) is 0.872. The lowest BCUT2D eigenvalue weighted by atomic mass is 10.5. The predicted octanol–water partition coefficient (Wildman–Crippen LogP) is 3.37. The molecule has 17 heavy (non-hydrogen) atoms. The molecule has 0 aliphatic heterocycles. The molecular formula is C10H9BrN2O2S2. The zero-order valence-electron chi connectivity index (χ0n) is 8.90. The maximum Gasteiger partial charge on any atom is 0.357 e. The highest BCUT2D eigenvalue weighted by Gasteiger charge is 2.10. The van der Waals surface area contributed by atoms with Crippen LogP contribution in [-0.2, 0) is 11.3 Å². The summed E-state index contributed by atoms with van der Waals surface area (Å²) in [6.07, 6.45) is 0. The van der Waals surface area contributed by atoms with Gasteiger partial charge in [-0.1, -0.05) is 0 Å². The first kappa shape index (κ1) is 12.5. The van der Waals surface area contributed by atoms with Gasteiger partial charge in [0.05, 0.1) is 13.7 Å². The smallest absolute Gasteiger partial charge is 0.357 e. The lowest BCUT2D eigenvalue weighted by Crippen LogP contribution is -2.02. The number of carbonyl (C=O) groups is 1. The minimum atomic E-state index is -0.409. The lowest BCUT2D eigenvalue weighted by Gasteiger charge is -1.98. The molecule has 0 spiro atoms. The van der Waals surface area contributed by atoms with E-state index >= 15 is 0 Å². The molecule has 0 unspecified atom stereocenters. The highest BCUT2D eigenvalue weighted by atomic mass is 79.9. The van der Waals surface area contributed by atoms with Gasteiger partial charge in [-0.05, 0) is 22.0 Å². The zero-order valence-corrected chi connectivity index (χ0v) is 12.1. The van der Waals surface area contributed by atoms with Crippen LogP contribution in [-0.4, -0.2) is 18.1 Å². The molecule has 2 aromatic heterocycles. The van der Waals surface area contributed by atoms with Gasteiger partial charge in [0.2, 0.25) is 0 Å². The van der Waals surface area contributed by atoms with Gasteiger partial charge in [-0.2, -0.15) is 0 Å². The molecule has 0 aliphatic rings. The van der Waals surface area contributed by atoms with Gasteiger partial charge in [-0.15, -0.1) is 22.7 Å². The van der Waals surface area contributed by atoms with Crippen molar-refractivity contribution in [2.24, 2.45) is 0 Å². The van der Waals surface area contributed by atoms with E-state index in [1.54, 1.807) is 16.7 Å². The number of nitrogens with zero attached hydrogens (tertiary/aromatic N) is 1. The molecule has 0 aliphatic carbocycles. The van der Waals surface area contributed by atoms with Crippen molar-refractivity contribution in [3.63, 3.8) is 0 Å². The summed E-state index contributed by atoms with van der Waals surface area (Å²) < 4.78 is 5.67. The number of carbonyl (C=O) groups excluding carboxylic acids is 1. The van der Waals surface area contributed by atoms with Gasteiger partial charge >= 0.3 is 5.97 Å². The summed E-state index contributed by atoms with van der Waals surface area (Å²) in [5, 5.41) is 7.59. The Labute approximate surface area is 115 Å². The van der Waals surface area contributed by atoms with Crippen LogP contribution in [0.4, 0.5) is 5.13 Å². The molecule has 0 bridgehead atoms. The van der Waals surface area contributed by atoms with E-state index in [2.05, 4.69) is 31.0 Å². The second kappa shape index (κ2) is 5.61. The number of thiophene rings is 1. The van der Waals surface area contributed by atoms with Crippen LogP contribution in [0.3, 0.4) is 0 Å². The predicted molar refractivity (Wildman–Crippen MR) is 72.8 cm³/mol. The first-order valence-corrected chi connectivity index (χ1v) is 7.25. The number of hydrogen-bond donors (Lipinski definition) is 1. The van der Waals surface area contributed by atoms with E-state index in [9.17, 15) is 4.79 Å². The Balaban J connectivity index is 1.95. The molecule has 0 radical (unpaired) electrons. The number of esters is 1. The Morgan fingerprint density at radius 2 is 2.35 bits per heavy atom. The average molecular weight is 333 g/mol. The molecular weight excluding hydrogens is 324 g/mol. The Kier molecular flexibility index (Phi) is 4.14. The van der Waals surface area contributed by atoms with E-state index in [0.29, 0.717) is 12.2 Å². The summed E-state index contributed by atoms with van der Waals surface area (Å²) in [5.74, 6) is -0.409. The minimum absolute atomic E-state index is 0.340. The fourth-order valence-corrected chi connectivity index (χ4v) is 3.23. The number of methoxy groups -OCH3 is 1. The summed E-state index contributed by atoms with van der Waals surface area (Å²) >= 11 is 6.45. The fraction of sp³-hybridized carbons (Fsp3) is 0.200. The van der Waals surface area contributed by atoms with Crippen molar-refractivity contribution in [2.75, 3.05) is 12.4 Å². The Hall–Kier alpha value is -0.920. The third kappa shape index (κ3) is 3.27. The molecule has 0 saturated carbocycles. The fourth-order valence-electron chi connectivity index (χ4n) is 1.16. The monoisotopic (exact) mass is 332 g/mol. The standard InChI is InChI=1S/C10H9BrN2O2S2/c1-15-9(14)8-5-17-10(13-8)12-3-7-2-6(11)4-16-7/h2,4-5H,3H2,1H3,(H,12,13). The van der Waals surface area contributed by atoms with Crippen molar-refractivity contribution >= 4 is 49.7 Å². The molecule has 2 rings (SSSR count). The van der Waals surface area contributed by atoms with Crippen molar-refractivity contribution in [3.8, 4) is 0 Å². The summed E-state index contributed by atoms with van der Waals surface area (Å²) in [7, 11) is 1.35. The Bertz CT molecular complexity index is 524. The molecule has 0 atom stereocenters. The largest absolute Gasteiger partial charge is 0.464 e. The van der Waals surface area contributed by atoms with Crippen LogP contribution in [0.1, 0.15) is 15.4 Å². The van der Waals surface area contributed by atoms with E-state index in [0.717, 1.165) is 9.60 Å². The van der Waals surface area contributed by atoms with E-state index in [1.807, 2.05) is 11.4 Å². The number of rotatable bonds is 4. The van der Waals surface area contributed by atoms with Gasteiger partial charge in [0.25, 0.3) is 0 Å². The average Bonchev–Trinajstić information content (AvgIpc) is 2.94. The number of aromatic nitrogens is 1. The second-order valence-corrected chi connectivity index (χ2v) is 5.88. The van der Waals surface area contributed by atoms with E-state index in [1.165, 1.54) is 23.3 Å². The molecule has 7 heteroatoms. The normalized spacial score (nSPS) is 10.2. The first-order valence-electron chi connectivity index (χ1n) is 4.69. The van der Waals surface area contributed by atoms with Crippen molar-refractivity contribution < 1.29 is 9.53 Å². The number of ether oxygens (including phenoxy) is 1. The first-order chi connectivity index (χ1) is 8.19. The Morgan fingerprint density at radius 3 is 3.00 bits per heavy atom. The molecule has 2 aromatic rings. The number of thiazole rings is 1. The van der Waals surface area contributed by atoms with Crippen LogP contribution < -0.4 is 5.32 Å². The third-order valence-corrected chi connectivity index (χ3v) is 4.43. The van der Waals surface area contributed by atoms with Gasteiger partial charge in [-0.25, -0.2) is 9.78 Å². The van der Waals surface area contributed by atoms with Crippen LogP contribution in [0.5, 0.6) is 0 Å². The van der Waals surface area contributed by atoms with Crippen LogP contribution in [0, 0.1) is 0 Å². The van der Waals surface area contributed by atoms with Crippen LogP contribution in [0.25, 0.3) is 0 Å². The maximum absolute atomic E-state index is 11.2.